The van der Waals surface area contributed by atoms with Gasteiger partial charge in [0.1, 0.15) is 29.4 Å². The number of hydrogen-bond acceptors (Lipinski definition) is 3. The molecule has 3 rings (SSSR count). The first-order valence-corrected chi connectivity index (χ1v) is 6.58. The Kier molecular flexibility index (Phi) is 3.36. The summed E-state index contributed by atoms with van der Waals surface area (Å²) in [6, 6.07) is 15.3. The largest absolute Gasteiger partial charge is 0.486 e. The van der Waals surface area contributed by atoms with Gasteiger partial charge in [-0.1, -0.05) is 30.3 Å². The zero-order valence-corrected chi connectivity index (χ0v) is 11.5. The first kappa shape index (κ1) is 13.2. The van der Waals surface area contributed by atoms with Crippen LogP contribution in [0.15, 0.2) is 52.9 Å². The van der Waals surface area contributed by atoms with E-state index in [0.29, 0.717) is 11.5 Å². The fourth-order valence-electron chi connectivity index (χ4n) is 2.24. The summed E-state index contributed by atoms with van der Waals surface area (Å²) >= 11 is 0. The van der Waals surface area contributed by atoms with Gasteiger partial charge in [0.05, 0.1) is 0 Å². The molecule has 0 atom stereocenters. The second-order valence-corrected chi connectivity index (χ2v) is 4.79. The first-order chi connectivity index (χ1) is 10.1. The highest BCUT2D eigenvalue weighted by Crippen LogP contribution is 2.22. The average Bonchev–Trinajstić information content (AvgIpc) is 2.86. The molecular weight excluding hydrogens is 268 g/mol. The number of rotatable bonds is 4. The SMILES string of the molecule is Cc1oc(COc2ccc3ccccc3c2)cc1C(=O)O. The monoisotopic (exact) mass is 282 g/mol. The summed E-state index contributed by atoms with van der Waals surface area (Å²) in [7, 11) is 0. The van der Waals surface area contributed by atoms with Crippen molar-refractivity contribution in [2.24, 2.45) is 0 Å². The van der Waals surface area contributed by atoms with E-state index in [1.54, 1.807) is 6.92 Å². The lowest BCUT2D eigenvalue weighted by Crippen LogP contribution is -1.96. The maximum Gasteiger partial charge on any atom is 0.339 e. The van der Waals surface area contributed by atoms with E-state index >= 15 is 0 Å². The minimum atomic E-state index is -0.992. The van der Waals surface area contributed by atoms with Gasteiger partial charge in [0.15, 0.2) is 0 Å². The number of fused-ring (bicyclic) bond motifs is 1. The van der Waals surface area contributed by atoms with Gasteiger partial charge >= 0.3 is 5.97 Å². The van der Waals surface area contributed by atoms with Crippen molar-refractivity contribution < 1.29 is 19.1 Å². The molecule has 4 heteroatoms. The minimum Gasteiger partial charge on any atom is -0.486 e. The van der Waals surface area contributed by atoms with Gasteiger partial charge in [-0.3, -0.25) is 0 Å². The van der Waals surface area contributed by atoms with Crippen molar-refractivity contribution in [3.8, 4) is 5.75 Å². The molecule has 0 bridgehead atoms. The third-order valence-electron chi connectivity index (χ3n) is 3.30. The van der Waals surface area contributed by atoms with Crippen LogP contribution in [0.2, 0.25) is 0 Å². The third kappa shape index (κ3) is 2.74. The van der Waals surface area contributed by atoms with Crippen LogP contribution >= 0.6 is 0 Å². The van der Waals surface area contributed by atoms with Crippen molar-refractivity contribution in [1.82, 2.24) is 0 Å². The Bertz CT molecular complexity index is 801. The number of aromatic carboxylic acids is 1. The summed E-state index contributed by atoms with van der Waals surface area (Å²) in [6.07, 6.45) is 0. The van der Waals surface area contributed by atoms with Gasteiger partial charge < -0.3 is 14.3 Å². The van der Waals surface area contributed by atoms with Crippen molar-refractivity contribution in [2.75, 3.05) is 0 Å². The van der Waals surface area contributed by atoms with Crippen LogP contribution in [-0.4, -0.2) is 11.1 Å². The Hall–Kier alpha value is -2.75. The maximum absolute atomic E-state index is 11.0. The van der Waals surface area contributed by atoms with E-state index in [1.807, 2.05) is 42.5 Å². The Labute approximate surface area is 121 Å². The molecule has 0 saturated carbocycles. The lowest BCUT2D eigenvalue weighted by molar-refractivity contribution is 0.0695. The number of benzene rings is 2. The van der Waals surface area contributed by atoms with E-state index in [4.69, 9.17) is 14.3 Å². The van der Waals surface area contributed by atoms with E-state index in [9.17, 15) is 4.79 Å². The molecule has 0 aliphatic rings. The number of furan rings is 1. The lowest BCUT2D eigenvalue weighted by atomic mass is 10.1. The molecule has 2 aromatic carbocycles. The van der Waals surface area contributed by atoms with Crippen LogP contribution < -0.4 is 4.74 Å². The molecule has 3 aromatic rings. The Morgan fingerprint density at radius 1 is 1.14 bits per heavy atom. The Morgan fingerprint density at radius 3 is 2.62 bits per heavy atom. The third-order valence-corrected chi connectivity index (χ3v) is 3.30. The molecule has 1 heterocycles. The van der Waals surface area contributed by atoms with E-state index in [-0.39, 0.29) is 12.2 Å². The molecule has 0 saturated heterocycles. The number of carboxylic acids is 1. The van der Waals surface area contributed by atoms with Crippen molar-refractivity contribution in [3.05, 3.63) is 65.6 Å². The fraction of sp³-hybridized carbons (Fsp3) is 0.118. The van der Waals surface area contributed by atoms with Crippen molar-refractivity contribution in [1.29, 1.82) is 0 Å². The molecule has 0 radical (unpaired) electrons. The molecule has 1 N–H and O–H groups in total. The minimum absolute atomic E-state index is 0.173. The van der Waals surface area contributed by atoms with E-state index in [1.165, 1.54) is 6.07 Å². The van der Waals surface area contributed by atoms with Gasteiger partial charge in [-0.05, 0) is 35.9 Å². The number of carboxylic acid groups (broad SMARTS) is 1. The first-order valence-electron chi connectivity index (χ1n) is 6.58. The predicted molar refractivity (Wildman–Crippen MR) is 78.7 cm³/mol. The Morgan fingerprint density at radius 2 is 1.90 bits per heavy atom. The highest BCUT2D eigenvalue weighted by Gasteiger charge is 2.13. The summed E-state index contributed by atoms with van der Waals surface area (Å²) in [5.74, 6) is 0.616. The van der Waals surface area contributed by atoms with Crippen LogP contribution in [0, 0.1) is 6.92 Å². The second kappa shape index (κ2) is 5.32. The zero-order valence-electron chi connectivity index (χ0n) is 11.5. The molecule has 0 amide bonds. The average molecular weight is 282 g/mol. The van der Waals surface area contributed by atoms with Gasteiger partial charge in [0.2, 0.25) is 0 Å². The van der Waals surface area contributed by atoms with Crippen LogP contribution in [0.4, 0.5) is 0 Å². The van der Waals surface area contributed by atoms with Crippen LogP contribution in [0.3, 0.4) is 0 Å². The maximum atomic E-state index is 11.0. The molecular formula is C17H14O4. The Balaban J connectivity index is 1.77. The quantitative estimate of drug-likeness (QED) is 0.785. The smallest absolute Gasteiger partial charge is 0.339 e. The van der Waals surface area contributed by atoms with E-state index < -0.39 is 5.97 Å². The molecule has 0 aliphatic carbocycles. The standard InChI is InChI=1S/C17H14O4/c1-11-16(17(18)19)9-15(21-11)10-20-14-7-6-12-4-2-3-5-13(12)8-14/h2-9H,10H2,1H3,(H,18,19). The summed E-state index contributed by atoms with van der Waals surface area (Å²) in [5, 5.41) is 11.2. The number of ether oxygens (including phenoxy) is 1. The van der Waals surface area contributed by atoms with Gasteiger partial charge in [0, 0.05) is 0 Å². The summed E-state index contributed by atoms with van der Waals surface area (Å²) in [5.41, 5.74) is 0.173. The molecule has 4 nitrogen and oxygen atoms in total. The summed E-state index contributed by atoms with van der Waals surface area (Å²) in [6.45, 7) is 1.83. The van der Waals surface area contributed by atoms with Gasteiger partial charge in [0.25, 0.3) is 0 Å². The van der Waals surface area contributed by atoms with E-state index in [0.717, 1.165) is 16.5 Å². The highest BCUT2D eigenvalue weighted by molar-refractivity contribution is 5.88. The van der Waals surface area contributed by atoms with Crippen LogP contribution in [0.1, 0.15) is 21.9 Å². The fourth-order valence-corrected chi connectivity index (χ4v) is 2.24. The highest BCUT2D eigenvalue weighted by atomic mass is 16.5. The van der Waals surface area contributed by atoms with Crippen molar-refractivity contribution >= 4 is 16.7 Å². The predicted octanol–water partition coefficient (Wildman–Crippen LogP) is 4.02. The topological polar surface area (TPSA) is 59.7 Å². The van der Waals surface area contributed by atoms with Gasteiger partial charge in [-0.25, -0.2) is 4.79 Å². The molecule has 21 heavy (non-hydrogen) atoms. The molecule has 106 valence electrons. The molecule has 0 aliphatic heterocycles. The van der Waals surface area contributed by atoms with Crippen LogP contribution in [0.25, 0.3) is 10.8 Å². The van der Waals surface area contributed by atoms with Gasteiger partial charge in [-0.2, -0.15) is 0 Å². The lowest BCUT2D eigenvalue weighted by Gasteiger charge is -2.05. The summed E-state index contributed by atoms with van der Waals surface area (Å²) in [4.78, 5) is 11.0. The normalized spacial score (nSPS) is 10.7. The van der Waals surface area contributed by atoms with Crippen LogP contribution in [0.5, 0.6) is 5.75 Å². The molecule has 0 spiro atoms. The van der Waals surface area contributed by atoms with Crippen molar-refractivity contribution in [2.45, 2.75) is 13.5 Å². The van der Waals surface area contributed by atoms with Crippen LogP contribution in [-0.2, 0) is 6.61 Å². The van der Waals surface area contributed by atoms with Crippen molar-refractivity contribution in [3.63, 3.8) is 0 Å². The zero-order chi connectivity index (χ0) is 14.8. The van der Waals surface area contributed by atoms with E-state index in [2.05, 4.69) is 0 Å². The number of aryl methyl sites for hydroxylation is 1. The van der Waals surface area contributed by atoms with Gasteiger partial charge in [-0.15, -0.1) is 0 Å². The second-order valence-electron chi connectivity index (χ2n) is 4.79. The molecule has 1 aromatic heterocycles. The molecule has 0 unspecified atom stereocenters. The summed E-state index contributed by atoms with van der Waals surface area (Å²) < 4.78 is 11.0. The number of hydrogen-bond donors (Lipinski definition) is 1. The number of carbonyl (C=O) groups is 1. The molecule has 0 fully saturated rings.